The van der Waals surface area contributed by atoms with Crippen LogP contribution in [-0.2, 0) is 5.41 Å². The molecule has 7 rings (SSSR count). The van der Waals surface area contributed by atoms with Gasteiger partial charge in [0.2, 0.25) is 5.95 Å². The van der Waals surface area contributed by atoms with Gasteiger partial charge in [0.1, 0.15) is 30.0 Å². The number of carbonyl (C=O) groups is 1. The Hall–Kier alpha value is -5.10. The van der Waals surface area contributed by atoms with E-state index in [0.29, 0.717) is 18.5 Å². The molecule has 54 heavy (non-hydrogen) atoms. The Morgan fingerprint density at radius 2 is 1.74 bits per heavy atom. The molecule has 1 aliphatic heterocycles. The molecule has 4 heterocycles. The quantitative estimate of drug-likeness (QED) is 0.132. The molecule has 2 aromatic carbocycles. The van der Waals surface area contributed by atoms with Gasteiger partial charge in [-0.05, 0) is 87.5 Å². The molecule has 0 saturated carbocycles. The van der Waals surface area contributed by atoms with Crippen LogP contribution in [0.5, 0.6) is 11.5 Å². The van der Waals surface area contributed by atoms with Gasteiger partial charge in [-0.15, -0.1) is 10.2 Å². The maximum Gasteiger partial charge on any atom is 0.320 e. The molecule has 2 amide bonds. The number of hydrogen-bond acceptors (Lipinski definition) is 8. The third-order valence-electron chi connectivity index (χ3n) is 10.8. The maximum atomic E-state index is 13.8. The second-order valence-corrected chi connectivity index (χ2v) is 15.5. The van der Waals surface area contributed by atoms with Crippen LogP contribution in [0.15, 0.2) is 72.9 Å². The summed E-state index contributed by atoms with van der Waals surface area (Å²) in [5.74, 6) is 2.98. The van der Waals surface area contributed by atoms with Crippen molar-refractivity contribution >= 4 is 23.4 Å². The molecule has 2 aliphatic rings. The SMILES string of the molecule is CCN(CC)CCOc1cccc(-n2nc(C(C)(C)C)cc2NC(=O)N[C@H]2CC[C@@H](Oc3ccc4nnc(N5CCCC[C@@H]5C)n4c3)c3ccccc32)c1. The van der Waals surface area contributed by atoms with E-state index in [1.807, 2.05) is 65.2 Å². The Morgan fingerprint density at radius 1 is 0.926 bits per heavy atom. The van der Waals surface area contributed by atoms with Gasteiger partial charge in [0, 0.05) is 36.7 Å². The number of piperidine rings is 1. The van der Waals surface area contributed by atoms with Gasteiger partial charge in [0.05, 0.1) is 23.6 Å². The predicted octanol–water partition coefficient (Wildman–Crippen LogP) is 8.09. The zero-order chi connectivity index (χ0) is 37.8. The summed E-state index contributed by atoms with van der Waals surface area (Å²) < 4.78 is 16.7. The van der Waals surface area contributed by atoms with E-state index >= 15 is 0 Å². The number of rotatable bonds is 12. The van der Waals surface area contributed by atoms with Gasteiger partial charge in [-0.2, -0.15) is 5.10 Å². The van der Waals surface area contributed by atoms with Crippen molar-refractivity contribution < 1.29 is 14.3 Å². The molecular formula is C42H55N9O3. The highest BCUT2D eigenvalue weighted by molar-refractivity contribution is 5.89. The molecule has 0 bridgehead atoms. The molecule has 1 saturated heterocycles. The van der Waals surface area contributed by atoms with E-state index in [4.69, 9.17) is 14.6 Å². The lowest BCUT2D eigenvalue weighted by atomic mass is 9.85. The molecule has 0 spiro atoms. The van der Waals surface area contributed by atoms with E-state index in [2.05, 4.69) is 84.3 Å². The summed E-state index contributed by atoms with van der Waals surface area (Å²) in [4.78, 5) is 18.5. The summed E-state index contributed by atoms with van der Waals surface area (Å²) in [5.41, 5.74) is 4.38. The molecule has 1 aliphatic carbocycles. The summed E-state index contributed by atoms with van der Waals surface area (Å²) in [6.45, 7) is 17.3. The van der Waals surface area contributed by atoms with Gasteiger partial charge >= 0.3 is 6.03 Å². The van der Waals surface area contributed by atoms with Crippen molar-refractivity contribution in [2.45, 2.75) is 97.2 Å². The van der Waals surface area contributed by atoms with E-state index in [9.17, 15) is 4.79 Å². The van der Waals surface area contributed by atoms with Crippen LogP contribution >= 0.6 is 0 Å². The van der Waals surface area contributed by atoms with Gasteiger partial charge in [0.25, 0.3) is 0 Å². The second kappa shape index (κ2) is 16.1. The zero-order valence-corrected chi connectivity index (χ0v) is 32.6. The first-order valence-electron chi connectivity index (χ1n) is 19.6. The van der Waals surface area contributed by atoms with Crippen LogP contribution in [0.25, 0.3) is 11.3 Å². The molecule has 3 atom stereocenters. The lowest BCUT2D eigenvalue weighted by molar-refractivity contribution is 0.171. The predicted molar refractivity (Wildman–Crippen MR) is 213 cm³/mol. The first kappa shape index (κ1) is 37.2. The van der Waals surface area contributed by atoms with Crippen molar-refractivity contribution in [3.63, 3.8) is 0 Å². The molecule has 12 heteroatoms. The largest absolute Gasteiger partial charge is 0.492 e. The number of likely N-dealkylation sites (N-methyl/N-ethyl adjacent to an activating group) is 1. The highest BCUT2D eigenvalue weighted by atomic mass is 16.5. The van der Waals surface area contributed by atoms with Crippen molar-refractivity contribution in [3.05, 3.63) is 89.7 Å². The van der Waals surface area contributed by atoms with Crippen LogP contribution in [0.3, 0.4) is 0 Å². The molecule has 2 N–H and O–H groups in total. The molecule has 5 aromatic rings. The van der Waals surface area contributed by atoms with Gasteiger partial charge in [-0.3, -0.25) is 9.72 Å². The fraction of sp³-hybridized carbons (Fsp3) is 0.476. The first-order valence-corrected chi connectivity index (χ1v) is 19.6. The summed E-state index contributed by atoms with van der Waals surface area (Å²) in [6, 6.07) is 21.9. The van der Waals surface area contributed by atoms with E-state index in [0.717, 1.165) is 97.5 Å². The summed E-state index contributed by atoms with van der Waals surface area (Å²) in [5, 5.41) is 20.3. The van der Waals surface area contributed by atoms with Gasteiger partial charge in [-0.25, -0.2) is 9.48 Å². The second-order valence-electron chi connectivity index (χ2n) is 15.5. The number of benzene rings is 2. The normalized spacial score (nSPS) is 18.8. The highest BCUT2D eigenvalue weighted by Crippen LogP contribution is 2.39. The van der Waals surface area contributed by atoms with E-state index in [1.54, 1.807) is 4.68 Å². The third-order valence-corrected chi connectivity index (χ3v) is 10.8. The smallest absolute Gasteiger partial charge is 0.320 e. The number of ether oxygens (including phenoxy) is 2. The number of carbonyl (C=O) groups excluding carboxylic acids is 1. The number of aromatic nitrogens is 5. The monoisotopic (exact) mass is 733 g/mol. The Morgan fingerprint density at radius 3 is 2.52 bits per heavy atom. The number of fused-ring (bicyclic) bond motifs is 2. The number of pyridine rings is 1. The topological polar surface area (TPSA) is 114 Å². The highest BCUT2D eigenvalue weighted by Gasteiger charge is 2.31. The minimum absolute atomic E-state index is 0.161. The lowest BCUT2D eigenvalue weighted by Crippen LogP contribution is -2.38. The van der Waals surface area contributed by atoms with Crippen molar-refractivity contribution in [2.24, 2.45) is 0 Å². The fourth-order valence-electron chi connectivity index (χ4n) is 7.59. The Bertz CT molecular complexity index is 2050. The number of nitrogens with zero attached hydrogens (tertiary/aromatic N) is 7. The number of hydrogen-bond donors (Lipinski definition) is 2. The van der Waals surface area contributed by atoms with E-state index < -0.39 is 0 Å². The van der Waals surface area contributed by atoms with Crippen molar-refractivity contribution in [1.29, 1.82) is 0 Å². The summed E-state index contributed by atoms with van der Waals surface area (Å²) in [7, 11) is 0. The van der Waals surface area contributed by atoms with Gasteiger partial charge < -0.3 is 24.6 Å². The lowest BCUT2D eigenvalue weighted by Gasteiger charge is -2.33. The van der Waals surface area contributed by atoms with Crippen LogP contribution in [0.1, 0.15) is 103 Å². The fourth-order valence-corrected chi connectivity index (χ4v) is 7.59. The number of anilines is 2. The Balaban J connectivity index is 1.06. The Kier molecular flexibility index (Phi) is 11.1. The third kappa shape index (κ3) is 8.18. The zero-order valence-electron chi connectivity index (χ0n) is 32.6. The standard InChI is InChI=1S/C42H55N9O3/c1-7-48(8-2)24-25-53-31-16-13-15-30(26-31)51-39(27-37(47-51)42(4,5)6)44-40(52)43-35-20-21-36(34-18-10-9-17-33(34)35)54-32-19-22-38-45-46-41(50(38)28-32)49-23-12-11-14-29(49)3/h9-10,13,15-19,22,26-29,35-36H,7-8,11-12,14,20-21,23-25H2,1-6H3,(H2,43,44,52)/t29-,35-,36+/m0/s1. The van der Waals surface area contributed by atoms with E-state index in [-0.39, 0.29) is 23.6 Å². The van der Waals surface area contributed by atoms with Gasteiger partial charge in [0.15, 0.2) is 5.65 Å². The number of urea groups is 1. The minimum atomic E-state index is -0.292. The van der Waals surface area contributed by atoms with Crippen LogP contribution in [0.4, 0.5) is 16.6 Å². The first-order chi connectivity index (χ1) is 26.1. The summed E-state index contributed by atoms with van der Waals surface area (Å²) >= 11 is 0. The van der Waals surface area contributed by atoms with Crippen molar-refractivity contribution in [1.82, 2.24) is 34.6 Å². The van der Waals surface area contributed by atoms with Gasteiger partial charge in [-0.1, -0.05) is 65.0 Å². The molecular weight excluding hydrogens is 679 g/mol. The van der Waals surface area contributed by atoms with E-state index in [1.165, 1.54) is 6.42 Å². The average Bonchev–Trinajstić information content (AvgIpc) is 3.79. The maximum absolute atomic E-state index is 13.8. The molecule has 0 radical (unpaired) electrons. The van der Waals surface area contributed by atoms with Crippen LogP contribution < -0.4 is 25.0 Å². The molecule has 1 fully saturated rings. The van der Waals surface area contributed by atoms with Crippen LogP contribution in [0, 0.1) is 0 Å². The van der Waals surface area contributed by atoms with Crippen LogP contribution in [0.2, 0.25) is 0 Å². The number of amides is 2. The molecule has 286 valence electrons. The minimum Gasteiger partial charge on any atom is -0.492 e. The summed E-state index contributed by atoms with van der Waals surface area (Å²) in [6.07, 6.45) is 6.86. The van der Waals surface area contributed by atoms with Crippen molar-refractivity contribution in [2.75, 3.05) is 43.0 Å². The number of nitrogens with one attached hydrogen (secondary N) is 2. The molecule has 12 nitrogen and oxygen atoms in total. The average molecular weight is 734 g/mol. The molecule has 0 unspecified atom stereocenters. The van der Waals surface area contributed by atoms with Crippen LogP contribution in [-0.4, -0.2) is 74.1 Å². The molecule has 3 aromatic heterocycles. The Labute approximate surface area is 318 Å². The van der Waals surface area contributed by atoms with Crippen molar-refractivity contribution in [3.8, 4) is 17.2 Å².